The average molecular weight is 352 g/mol. The van der Waals surface area contributed by atoms with Crippen molar-refractivity contribution in [2.24, 2.45) is 5.10 Å². The van der Waals surface area contributed by atoms with E-state index < -0.39 is 0 Å². The number of nitrogens with one attached hydrogen (secondary N) is 3. The number of amides is 2. The van der Waals surface area contributed by atoms with Gasteiger partial charge in [-0.15, -0.1) is 0 Å². The van der Waals surface area contributed by atoms with Gasteiger partial charge in [0.25, 0.3) is 5.91 Å². The molecule has 0 heterocycles. The highest BCUT2D eigenvalue weighted by atomic mass is 16.2. The van der Waals surface area contributed by atoms with Crippen LogP contribution in [0.3, 0.4) is 0 Å². The summed E-state index contributed by atoms with van der Waals surface area (Å²) in [5, 5.41) is 9.80. The van der Waals surface area contributed by atoms with Gasteiger partial charge in [0, 0.05) is 18.3 Å². The van der Waals surface area contributed by atoms with E-state index in [-0.39, 0.29) is 18.4 Å². The first-order chi connectivity index (χ1) is 12.3. The second kappa shape index (κ2) is 8.80. The Bertz CT molecular complexity index is 803. The topological polar surface area (TPSA) is 82.6 Å². The molecule has 6 nitrogen and oxygen atoms in total. The van der Waals surface area contributed by atoms with Crippen molar-refractivity contribution in [2.45, 2.75) is 27.7 Å². The molecule has 3 N–H and O–H groups in total. The lowest BCUT2D eigenvalue weighted by atomic mass is 10.1. The Morgan fingerprint density at radius 1 is 1.04 bits per heavy atom. The molecule has 2 aromatic carbocycles. The first kappa shape index (κ1) is 19.2. The van der Waals surface area contributed by atoms with Crippen LogP contribution in [0.5, 0.6) is 0 Å². The Balaban J connectivity index is 1.85. The largest absolute Gasteiger partial charge is 0.376 e. The predicted molar refractivity (Wildman–Crippen MR) is 106 cm³/mol. The van der Waals surface area contributed by atoms with E-state index in [1.165, 1.54) is 12.5 Å². The minimum Gasteiger partial charge on any atom is -0.376 e. The highest BCUT2D eigenvalue weighted by Gasteiger charge is 2.05. The van der Waals surface area contributed by atoms with Gasteiger partial charge in [0.2, 0.25) is 5.91 Å². The molecular formula is C20H24N4O2. The molecule has 6 heteroatoms. The summed E-state index contributed by atoms with van der Waals surface area (Å²) in [5.41, 5.74) is 8.42. The molecule has 0 aliphatic rings. The van der Waals surface area contributed by atoms with Gasteiger partial charge in [-0.3, -0.25) is 9.59 Å². The molecule has 26 heavy (non-hydrogen) atoms. The van der Waals surface area contributed by atoms with Crippen LogP contribution < -0.4 is 16.1 Å². The van der Waals surface area contributed by atoms with E-state index in [1.807, 2.05) is 20.8 Å². The van der Waals surface area contributed by atoms with E-state index in [9.17, 15) is 9.59 Å². The minimum atomic E-state index is -0.226. The molecule has 2 amide bonds. The Morgan fingerprint density at radius 3 is 2.23 bits per heavy atom. The lowest BCUT2D eigenvalue weighted by molar-refractivity contribution is -0.119. The Kier molecular flexibility index (Phi) is 6.49. The fourth-order valence-electron chi connectivity index (χ4n) is 2.70. The number of hydrogen-bond donors (Lipinski definition) is 3. The first-order valence-electron chi connectivity index (χ1n) is 8.36. The number of nitrogens with zero attached hydrogens (tertiary/aromatic N) is 1. The van der Waals surface area contributed by atoms with Crippen LogP contribution in [0, 0.1) is 20.8 Å². The molecule has 0 atom stereocenters. The number of benzene rings is 2. The lowest BCUT2D eigenvalue weighted by Crippen LogP contribution is -2.26. The van der Waals surface area contributed by atoms with Gasteiger partial charge >= 0.3 is 0 Å². The van der Waals surface area contributed by atoms with E-state index in [0.29, 0.717) is 5.69 Å². The van der Waals surface area contributed by atoms with E-state index >= 15 is 0 Å². The maximum Gasteiger partial charge on any atom is 0.259 e. The number of aryl methyl sites for hydroxylation is 3. The van der Waals surface area contributed by atoms with Crippen molar-refractivity contribution in [3.63, 3.8) is 0 Å². The molecule has 0 aliphatic carbocycles. The van der Waals surface area contributed by atoms with Crippen molar-refractivity contribution in [2.75, 3.05) is 17.2 Å². The fourth-order valence-corrected chi connectivity index (χ4v) is 2.70. The second-order valence-corrected chi connectivity index (χ2v) is 6.22. The molecule has 0 bridgehead atoms. The van der Waals surface area contributed by atoms with E-state index in [4.69, 9.17) is 0 Å². The van der Waals surface area contributed by atoms with Crippen LogP contribution in [0.25, 0.3) is 0 Å². The monoisotopic (exact) mass is 352 g/mol. The van der Waals surface area contributed by atoms with Crippen molar-refractivity contribution in [3.05, 3.63) is 58.7 Å². The summed E-state index contributed by atoms with van der Waals surface area (Å²) in [6.45, 7) is 7.68. The number of carbonyl (C=O) groups excluding carboxylic acids is 2. The van der Waals surface area contributed by atoms with Gasteiger partial charge in [-0.2, -0.15) is 5.10 Å². The van der Waals surface area contributed by atoms with Crippen LogP contribution >= 0.6 is 0 Å². The van der Waals surface area contributed by atoms with Crippen molar-refractivity contribution >= 4 is 29.4 Å². The number of hydrazone groups is 1. The van der Waals surface area contributed by atoms with Crippen LogP contribution in [0.1, 0.15) is 29.2 Å². The van der Waals surface area contributed by atoms with Crippen molar-refractivity contribution in [3.8, 4) is 0 Å². The zero-order chi connectivity index (χ0) is 19.1. The predicted octanol–water partition coefficient (Wildman–Crippen LogP) is 3.13. The summed E-state index contributed by atoms with van der Waals surface area (Å²) in [6, 6.07) is 11.3. The smallest absolute Gasteiger partial charge is 0.259 e. The third kappa shape index (κ3) is 5.73. The number of carbonyl (C=O) groups is 2. The Morgan fingerprint density at radius 2 is 1.65 bits per heavy atom. The average Bonchev–Trinajstić information content (AvgIpc) is 2.55. The van der Waals surface area contributed by atoms with Gasteiger partial charge < -0.3 is 10.6 Å². The summed E-state index contributed by atoms with van der Waals surface area (Å²) < 4.78 is 0. The number of hydrogen-bond acceptors (Lipinski definition) is 4. The summed E-state index contributed by atoms with van der Waals surface area (Å²) in [5.74, 6) is -0.347. The zero-order valence-corrected chi connectivity index (χ0v) is 15.5. The maximum absolute atomic E-state index is 11.9. The molecule has 0 fully saturated rings. The molecule has 2 aromatic rings. The lowest BCUT2D eigenvalue weighted by Gasteiger charge is -2.13. The van der Waals surface area contributed by atoms with Crippen molar-refractivity contribution < 1.29 is 9.59 Å². The quantitative estimate of drug-likeness (QED) is 0.552. The van der Waals surface area contributed by atoms with Crippen LogP contribution in [0.4, 0.5) is 11.4 Å². The molecule has 0 aromatic heterocycles. The van der Waals surface area contributed by atoms with Gasteiger partial charge in [-0.25, -0.2) is 5.43 Å². The Labute approximate surface area is 153 Å². The highest BCUT2D eigenvalue weighted by Crippen LogP contribution is 2.21. The van der Waals surface area contributed by atoms with Gasteiger partial charge in [0.1, 0.15) is 0 Å². The summed E-state index contributed by atoms with van der Waals surface area (Å²) in [4.78, 5) is 22.9. The fraction of sp³-hybridized carbons (Fsp3) is 0.250. The van der Waals surface area contributed by atoms with E-state index in [0.717, 1.165) is 22.4 Å². The first-order valence-corrected chi connectivity index (χ1v) is 8.36. The van der Waals surface area contributed by atoms with E-state index in [2.05, 4.69) is 33.3 Å². The molecule has 2 rings (SSSR count). The van der Waals surface area contributed by atoms with Crippen LogP contribution in [0.2, 0.25) is 0 Å². The normalized spacial score (nSPS) is 10.6. The van der Waals surface area contributed by atoms with Crippen molar-refractivity contribution in [1.29, 1.82) is 0 Å². The number of anilines is 2. The highest BCUT2D eigenvalue weighted by molar-refractivity contribution is 5.89. The molecule has 0 aliphatic heterocycles. The van der Waals surface area contributed by atoms with Gasteiger partial charge in [0.05, 0.1) is 12.8 Å². The standard InChI is InChI=1S/C20H24N4O2/c1-13-9-14(2)20(15(3)10-13)21-12-19(26)24-22-11-17-5-7-18(8-6-17)23-16(4)25/h5-11,21H,12H2,1-4H3,(H,23,25)(H,24,26)/b22-11-. The number of rotatable bonds is 6. The van der Waals surface area contributed by atoms with Crippen LogP contribution in [-0.2, 0) is 9.59 Å². The summed E-state index contributed by atoms with van der Waals surface area (Å²) in [7, 11) is 0. The van der Waals surface area contributed by atoms with Crippen LogP contribution in [-0.4, -0.2) is 24.6 Å². The summed E-state index contributed by atoms with van der Waals surface area (Å²) in [6.07, 6.45) is 1.55. The third-order valence-electron chi connectivity index (χ3n) is 3.74. The molecule has 0 saturated heterocycles. The molecule has 0 unspecified atom stereocenters. The van der Waals surface area contributed by atoms with Crippen molar-refractivity contribution in [1.82, 2.24) is 5.43 Å². The maximum atomic E-state index is 11.9. The third-order valence-corrected chi connectivity index (χ3v) is 3.74. The second-order valence-electron chi connectivity index (χ2n) is 6.22. The van der Waals surface area contributed by atoms with E-state index in [1.54, 1.807) is 30.5 Å². The molecular weight excluding hydrogens is 328 g/mol. The van der Waals surface area contributed by atoms with Gasteiger partial charge in [-0.1, -0.05) is 29.8 Å². The molecule has 0 saturated carbocycles. The minimum absolute atomic E-state index is 0.120. The SMILES string of the molecule is CC(=O)Nc1ccc(/C=N\NC(=O)CNc2c(C)cc(C)cc2C)cc1. The Hall–Kier alpha value is -3.15. The van der Waals surface area contributed by atoms with Gasteiger partial charge in [0.15, 0.2) is 0 Å². The van der Waals surface area contributed by atoms with Gasteiger partial charge in [-0.05, 0) is 49.6 Å². The zero-order valence-electron chi connectivity index (χ0n) is 15.5. The molecule has 0 radical (unpaired) electrons. The summed E-state index contributed by atoms with van der Waals surface area (Å²) >= 11 is 0. The molecule has 0 spiro atoms. The molecule has 136 valence electrons. The van der Waals surface area contributed by atoms with Crippen LogP contribution in [0.15, 0.2) is 41.5 Å².